The van der Waals surface area contributed by atoms with Gasteiger partial charge < -0.3 is 10.3 Å². The number of rotatable bonds is 3. The number of benzene rings is 1. The predicted molar refractivity (Wildman–Crippen MR) is 74.5 cm³/mol. The number of aliphatic hydroxyl groups excluding tert-OH is 1. The summed E-state index contributed by atoms with van der Waals surface area (Å²) in [6, 6.07) is 6.73. The Morgan fingerprint density at radius 1 is 1.25 bits per heavy atom. The van der Waals surface area contributed by atoms with Gasteiger partial charge in [-0.25, -0.2) is 4.39 Å². The van der Waals surface area contributed by atoms with Crippen LogP contribution in [0.3, 0.4) is 0 Å². The normalized spacial score (nSPS) is 28.3. The molecule has 2 aliphatic carbocycles. The summed E-state index contributed by atoms with van der Waals surface area (Å²) < 4.78 is 14.1. The Bertz CT molecular complexity index is 525. The summed E-state index contributed by atoms with van der Waals surface area (Å²) in [5.74, 6) is -0.383. The molecule has 0 amide bonds. The second kappa shape index (κ2) is 5.17. The molecule has 0 aromatic heterocycles. The van der Waals surface area contributed by atoms with Crippen molar-refractivity contribution in [3.05, 3.63) is 35.6 Å². The number of aliphatic hydroxyl groups is 1. The smallest absolute Gasteiger partial charge is 0.127 e. The van der Waals surface area contributed by atoms with Crippen molar-refractivity contribution in [2.75, 3.05) is 0 Å². The van der Waals surface area contributed by atoms with Gasteiger partial charge >= 0.3 is 0 Å². The van der Waals surface area contributed by atoms with E-state index in [1.807, 2.05) is 6.07 Å². The van der Waals surface area contributed by atoms with Crippen LogP contribution in [0.2, 0.25) is 0 Å². The van der Waals surface area contributed by atoms with E-state index in [-0.39, 0.29) is 11.7 Å². The molecule has 1 aromatic rings. The molecule has 108 valence electrons. The van der Waals surface area contributed by atoms with Gasteiger partial charge in [0.2, 0.25) is 0 Å². The molecule has 0 bridgehead atoms. The van der Waals surface area contributed by atoms with E-state index in [0.717, 1.165) is 38.5 Å². The highest BCUT2D eigenvalue weighted by Gasteiger charge is 2.50. The number of hydrogen-bond donors (Lipinski definition) is 2. The average Bonchev–Trinajstić information content (AvgIpc) is 2.87. The lowest BCUT2D eigenvalue weighted by Gasteiger charge is -2.48. The minimum absolute atomic E-state index is 0.139. The number of halogens is 1. The Morgan fingerprint density at radius 3 is 2.60 bits per heavy atom. The van der Waals surface area contributed by atoms with Crippen molar-refractivity contribution in [3.8, 4) is 0 Å². The van der Waals surface area contributed by atoms with Crippen molar-refractivity contribution >= 4 is 5.71 Å². The van der Waals surface area contributed by atoms with Crippen molar-refractivity contribution in [1.29, 1.82) is 0 Å². The van der Waals surface area contributed by atoms with Crippen LogP contribution in [0.1, 0.15) is 44.1 Å². The molecule has 2 N–H and O–H groups in total. The first-order valence-corrected chi connectivity index (χ1v) is 7.33. The zero-order valence-corrected chi connectivity index (χ0v) is 11.4. The van der Waals surface area contributed by atoms with E-state index >= 15 is 0 Å². The summed E-state index contributed by atoms with van der Waals surface area (Å²) >= 11 is 0. The van der Waals surface area contributed by atoms with Crippen LogP contribution in [0.5, 0.6) is 0 Å². The molecular formula is C16H20FNO2. The van der Waals surface area contributed by atoms with Crippen molar-refractivity contribution in [1.82, 2.24) is 0 Å². The van der Waals surface area contributed by atoms with E-state index in [4.69, 9.17) is 5.21 Å². The van der Waals surface area contributed by atoms with Crippen LogP contribution in [0.25, 0.3) is 0 Å². The molecule has 0 heterocycles. The molecule has 20 heavy (non-hydrogen) atoms. The summed E-state index contributed by atoms with van der Waals surface area (Å²) in [6.45, 7) is 0. The van der Waals surface area contributed by atoms with Gasteiger partial charge in [0.05, 0.1) is 11.8 Å². The number of oxime groups is 1. The second-order valence-electron chi connectivity index (χ2n) is 6.02. The minimum Gasteiger partial charge on any atom is -0.411 e. The predicted octanol–water partition coefficient (Wildman–Crippen LogP) is 3.24. The molecule has 2 atom stereocenters. The van der Waals surface area contributed by atoms with Gasteiger partial charge in [0.1, 0.15) is 5.82 Å². The van der Waals surface area contributed by atoms with Gasteiger partial charge in [-0.2, -0.15) is 0 Å². The topological polar surface area (TPSA) is 52.8 Å². The SMILES string of the molecule is ON=C1CCCC1[C@@H](O)C1(c2ccccc2F)CCC1. The third kappa shape index (κ3) is 1.94. The van der Waals surface area contributed by atoms with E-state index in [1.165, 1.54) is 6.07 Å². The fraction of sp³-hybridized carbons (Fsp3) is 0.562. The molecule has 3 nitrogen and oxygen atoms in total. The molecule has 1 aromatic carbocycles. The molecular weight excluding hydrogens is 257 g/mol. The Balaban J connectivity index is 1.95. The maximum Gasteiger partial charge on any atom is 0.127 e. The molecule has 0 spiro atoms. The average molecular weight is 277 g/mol. The lowest BCUT2D eigenvalue weighted by Crippen LogP contribution is -2.50. The maximum atomic E-state index is 14.1. The third-order valence-corrected chi connectivity index (χ3v) is 5.11. The molecule has 4 heteroatoms. The standard InChI is InChI=1S/C16H20FNO2/c17-13-7-2-1-6-12(13)16(9-4-10-16)15(19)11-5-3-8-14(11)18-20/h1-2,6-7,11,15,19-20H,3-5,8-10H2/t11?,15-/m1/s1. The summed E-state index contributed by atoms with van der Waals surface area (Å²) in [7, 11) is 0. The van der Waals surface area contributed by atoms with E-state index in [9.17, 15) is 9.50 Å². The molecule has 2 saturated carbocycles. The van der Waals surface area contributed by atoms with Crippen molar-refractivity contribution in [2.24, 2.45) is 11.1 Å². The molecule has 0 saturated heterocycles. The summed E-state index contributed by atoms with van der Waals surface area (Å²) in [5, 5.41) is 23.3. The third-order valence-electron chi connectivity index (χ3n) is 5.11. The minimum atomic E-state index is -0.665. The van der Waals surface area contributed by atoms with Crippen molar-refractivity contribution in [2.45, 2.75) is 50.0 Å². The maximum absolute atomic E-state index is 14.1. The van der Waals surface area contributed by atoms with Gasteiger partial charge in [-0.15, -0.1) is 0 Å². The largest absolute Gasteiger partial charge is 0.411 e. The molecule has 0 radical (unpaired) electrons. The first kappa shape index (κ1) is 13.6. The molecule has 0 aliphatic heterocycles. The Kier molecular flexibility index (Phi) is 3.50. The Labute approximate surface area is 118 Å². The second-order valence-corrected chi connectivity index (χ2v) is 6.02. The highest BCUT2D eigenvalue weighted by molar-refractivity contribution is 5.88. The van der Waals surface area contributed by atoms with Crippen molar-refractivity contribution in [3.63, 3.8) is 0 Å². The van der Waals surface area contributed by atoms with E-state index in [1.54, 1.807) is 12.1 Å². The first-order chi connectivity index (χ1) is 9.69. The van der Waals surface area contributed by atoms with Crippen LogP contribution < -0.4 is 0 Å². The fourth-order valence-electron chi connectivity index (χ4n) is 3.85. The first-order valence-electron chi connectivity index (χ1n) is 7.33. The van der Waals surface area contributed by atoms with E-state index < -0.39 is 11.5 Å². The zero-order chi connectivity index (χ0) is 14.2. The molecule has 2 aliphatic rings. The molecule has 2 fully saturated rings. The van der Waals surface area contributed by atoms with Crippen LogP contribution in [0, 0.1) is 11.7 Å². The Hall–Kier alpha value is -1.42. The quantitative estimate of drug-likeness (QED) is 0.658. The number of hydrogen-bond acceptors (Lipinski definition) is 3. The monoisotopic (exact) mass is 277 g/mol. The summed E-state index contributed by atoms with van der Waals surface area (Å²) in [5.41, 5.74) is 0.777. The van der Waals surface area contributed by atoms with Crippen LogP contribution in [-0.4, -0.2) is 22.1 Å². The summed E-state index contributed by atoms with van der Waals surface area (Å²) in [6.07, 6.45) is 4.40. The van der Waals surface area contributed by atoms with Gasteiger partial charge in [0.15, 0.2) is 0 Å². The molecule has 1 unspecified atom stereocenters. The van der Waals surface area contributed by atoms with Crippen LogP contribution in [-0.2, 0) is 5.41 Å². The van der Waals surface area contributed by atoms with Gasteiger partial charge in [0, 0.05) is 11.3 Å². The number of nitrogens with zero attached hydrogens (tertiary/aromatic N) is 1. The Morgan fingerprint density at radius 2 is 2.00 bits per heavy atom. The highest BCUT2D eigenvalue weighted by Crippen LogP contribution is 2.50. The van der Waals surface area contributed by atoms with Crippen LogP contribution in [0.4, 0.5) is 4.39 Å². The highest BCUT2D eigenvalue weighted by atomic mass is 19.1. The van der Waals surface area contributed by atoms with Crippen LogP contribution >= 0.6 is 0 Å². The van der Waals surface area contributed by atoms with E-state index in [2.05, 4.69) is 5.16 Å². The van der Waals surface area contributed by atoms with Crippen molar-refractivity contribution < 1.29 is 14.7 Å². The van der Waals surface area contributed by atoms with E-state index in [0.29, 0.717) is 11.3 Å². The van der Waals surface area contributed by atoms with Gasteiger partial charge in [-0.05, 0) is 43.7 Å². The van der Waals surface area contributed by atoms with Gasteiger partial charge in [-0.3, -0.25) is 0 Å². The van der Waals surface area contributed by atoms with Gasteiger partial charge in [-0.1, -0.05) is 29.8 Å². The molecule has 3 rings (SSSR count). The van der Waals surface area contributed by atoms with Crippen LogP contribution in [0.15, 0.2) is 29.4 Å². The lowest BCUT2D eigenvalue weighted by atomic mass is 9.58. The zero-order valence-electron chi connectivity index (χ0n) is 11.4. The van der Waals surface area contributed by atoms with Gasteiger partial charge in [0.25, 0.3) is 0 Å². The summed E-state index contributed by atoms with van der Waals surface area (Å²) in [4.78, 5) is 0. The fourth-order valence-corrected chi connectivity index (χ4v) is 3.85. The lowest BCUT2D eigenvalue weighted by molar-refractivity contribution is 0.00218.